The minimum atomic E-state index is 0.291. The monoisotopic (exact) mass is 441 g/mol. The lowest BCUT2D eigenvalue weighted by Gasteiger charge is -2.36. The van der Waals surface area contributed by atoms with Gasteiger partial charge >= 0.3 is 0 Å². The van der Waals surface area contributed by atoms with E-state index in [1.54, 1.807) is 13.3 Å². The third-order valence-electron chi connectivity index (χ3n) is 6.00. The van der Waals surface area contributed by atoms with E-state index in [0.29, 0.717) is 28.6 Å². The van der Waals surface area contributed by atoms with Crippen molar-refractivity contribution in [1.82, 2.24) is 19.9 Å². The average molecular weight is 442 g/mol. The minimum absolute atomic E-state index is 0.291. The number of hydrogen-bond donors (Lipinski definition) is 0. The highest BCUT2D eigenvalue weighted by Crippen LogP contribution is 2.36. The molecule has 3 heterocycles. The SMILES string of the molecule is COc1ccc(-c2ncc(-c3cccc(C#N)c3)c(C3CCN(CC(C)(C)C)CC3)n2)cn1. The molecule has 0 spiro atoms. The zero-order chi connectivity index (χ0) is 23.4. The van der Waals surface area contributed by atoms with E-state index in [2.05, 4.69) is 41.7 Å². The second kappa shape index (κ2) is 9.68. The maximum Gasteiger partial charge on any atom is 0.212 e. The van der Waals surface area contributed by atoms with Crippen LogP contribution in [0, 0.1) is 16.7 Å². The van der Waals surface area contributed by atoms with Crippen molar-refractivity contribution in [3.05, 3.63) is 60.0 Å². The molecule has 0 unspecified atom stereocenters. The van der Waals surface area contributed by atoms with Crippen molar-refractivity contribution < 1.29 is 4.74 Å². The molecule has 1 fully saturated rings. The van der Waals surface area contributed by atoms with Crippen LogP contribution in [0.25, 0.3) is 22.5 Å². The normalized spacial score (nSPS) is 15.2. The fourth-order valence-corrected chi connectivity index (χ4v) is 4.49. The molecule has 33 heavy (non-hydrogen) atoms. The molecule has 4 rings (SSSR count). The lowest BCUT2D eigenvalue weighted by Crippen LogP contribution is -2.38. The van der Waals surface area contributed by atoms with Gasteiger partial charge in [-0.05, 0) is 55.1 Å². The predicted octanol–water partition coefficient (Wildman–Crippen LogP) is 5.31. The number of rotatable bonds is 5. The number of ether oxygens (including phenoxy) is 1. The van der Waals surface area contributed by atoms with Crippen LogP contribution in [-0.2, 0) is 0 Å². The lowest BCUT2D eigenvalue weighted by molar-refractivity contribution is 0.153. The fourth-order valence-electron chi connectivity index (χ4n) is 4.49. The molecule has 0 atom stereocenters. The van der Waals surface area contributed by atoms with Gasteiger partial charge in [0.2, 0.25) is 5.88 Å². The van der Waals surface area contributed by atoms with E-state index in [0.717, 1.165) is 54.9 Å². The zero-order valence-electron chi connectivity index (χ0n) is 19.9. The predicted molar refractivity (Wildman–Crippen MR) is 130 cm³/mol. The molecule has 0 bridgehead atoms. The second-order valence-corrected chi connectivity index (χ2v) is 9.89. The number of pyridine rings is 1. The third kappa shape index (κ3) is 5.55. The summed E-state index contributed by atoms with van der Waals surface area (Å²) in [6.45, 7) is 10.1. The molecule has 1 aliphatic rings. The highest BCUT2D eigenvalue weighted by Gasteiger charge is 2.27. The number of likely N-dealkylation sites (tertiary alicyclic amines) is 1. The summed E-state index contributed by atoms with van der Waals surface area (Å²) in [5, 5.41) is 9.38. The molecule has 0 N–H and O–H groups in total. The van der Waals surface area contributed by atoms with Gasteiger partial charge in [0.25, 0.3) is 0 Å². The Hall–Kier alpha value is -3.30. The Kier molecular flexibility index (Phi) is 6.71. The van der Waals surface area contributed by atoms with Crippen molar-refractivity contribution in [1.29, 1.82) is 5.26 Å². The molecular formula is C27H31N5O. The summed E-state index contributed by atoms with van der Waals surface area (Å²) in [5.74, 6) is 1.57. The summed E-state index contributed by atoms with van der Waals surface area (Å²) >= 11 is 0. The fraction of sp³-hybridized carbons (Fsp3) is 0.407. The van der Waals surface area contributed by atoms with Crippen LogP contribution in [-0.4, -0.2) is 46.6 Å². The lowest BCUT2D eigenvalue weighted by atomic mass is 9.87. The smallest absolute Gasteiger partial charge is 0.212 e. The third-order valence-corrected chi connectivity index (χ3v) is 6.00. The van der Waals surface area contributed by atoms with Crippen molar-refractivity contribution in [2.45, 2.75) is 39.5 Å². The standard InChI is InChI=1S/C27H31N5O/c1-27(2,3)18-32-12-10-20(11-13-32)25-23(21-7-5-6-19(14-21)15-28)17-30-26(31-25)22-8-9-24(33-4)29-16-22/h5-9,14,16-17,20H,10-13,18H2,1-4H3. The number of nitriles is 1. The van der Waals surface area contributed by atoms with Gasteiger partial charge in [-0.2, -0.15) is 5.26 Å². The summed E-state index contributed by atoms with van der Waals surface area (Å²) in [5.41, 5.74) is 4.84. The van der Waals surface area contributed by atoms with E-state index in [1.807, 2.05) is 42.6 Å². The molecule has 0 saturated carbocycles. The van der Waals surface area contributed by atoms with Gasteiger partial charge < -0.3 is 9.64 Å². The number of piperidine rings is 1. The molecular weight excluding hydrogens is 410 g/mol. The Morgan fingerprint density at radius 2 is 1.85 bits per heavy atom. The van der Waals surface area contributed by atoms with Gasteiger partial charge in [-0.15, -0.1) is 0 Å². The summed E-state index contributed by atoms with van der Waals surface area (Å²) in [6, 6.07) is 13.7. The first-order valence-corrected chi connectivity index (χ1v) is 11.5. The first kappa shape index (κ1) is 22.9. The van der Waals surface area contributed by atoms with E-state index in [9.17, 15) is 5.26 Å². The number of benzene rings is 1. The Morgan fingerprint density at radius 3 is 2.48 bits per heavy atom. The largest absolute Gasteiger partial charge is 0.481 e. The molecule has 0 radical (unpaired) electrons. The molecule has 170 valence electrons. The summed E-state index contributed by atoms with van der Waals surface area (Å²) in [6.07, 6.45) is 5.76. The van der Waals surface area contributed by atoms with Crippen molar-refractivity contribution in [3.63, 3.8) is 0 Å². The molecule has 6 nitrogen and oxygen atoms in total. The van der Waals surface area contributed by atoms with Crippen LogP contribution in [0.3, 0.4) is 0 Å². The van der Waals surface area contributed by atoms with Gasteiger partial charge in [0, 0.05) is 42.0 Å². The van der Waals surface area contributed by atoms with Gasteiger partial charge in [0.05, 0.1) is 24.4 Å². The molecule has 0 aliphatic carbocycles. The molecule has 1 aromatic carbocycles. The Labute approximate surface area is 196 Å². The van der Waals surface area contributed by atoms with Crippen molar-refractivity contribution in [2.75, 3.05) is 26.7 Å². The Balaban J connectivity index is 1.69. The van der Waals surface area contributed by atoms with Crippen molar-refractivity contribution >= 4 is 0 Å². The van der Waals surface area contributed by atoms with Crippen LogP contribution in [0.15, 0.2) is 48.8 Å². The number of methoxy groups -OCH3 is 1. The van der Waals surface area contributed by atoms with Crippen LogP contribution < -0.4 is 4.74 Å². The van der Waals surface area contributed by atoms with Crippen LogP contribution in [0.5, 0.6) is 5.88 Å². The minimum Gasteiger partial charge on any atom is -0.481 e. The molecule has 1 aliphatic heterocycles. The zero-order valence-corrected chi connectivity index (χ0v) is 19.9. The van der Waals surface area contributed by atoms with E-state index in [1.165, 1.54) is 0 Å². The first-order valence-electron chi connectivity index (χ1n) is 11.5. The highest BCUT2D eigenvalue weighted by atomic mass is 16.5. The van der Waals surface area contributed by atoms with E-state index in [4.69, 9.17) is 9.72 Å². The number of nitrogens with zero attached hydrogens (tertiary/aromatic N) is 5. The van der Waals surface area contributed by atoms with Crippen molar-refractivity contribution in [3.8, 4) is 34.5 Å². The Bertz CT molecular complexity index is 1140. The topological polar surface area (TPSA) is 74.9 Å². The average Bonchev–Trinajstić information content (AvgIpc) is 2.83. The molecule has 2 aromatic heterocycles. The first-order chi connectivity index (χ1) is 15.9. The van der Waals surface area contributed by atoms with E-state index in [-0.39, 0.29) is 0 Å². The van der Waals surface area contributed by atoms with Crippen molar-refractivity contribution in [2.24, 2.45) is 5.41 Å². The summed E-state index contributed by atoms with van der Waals surface area (Å²) in [4.78, 5) is 16.6. The number of hydrogen-bond acceptors (Lipinski definition) is 6. The quantitative estimate of drug-likeness (QED) is 0.534. The van der Waals surface area contributed by atoms with Gasteiger partial charge in [0.1, 0.15) is 0 Å². The maximum atomic E-state index is 9.38. The molecule has 0 amide bonds. The number of aromatic nitrogens is 3. The van der Waals surface area contributed by atoms with Crippen LogP contribution in [0.4, 0.5) is 0 Å². The van der Waals surface area contributed by atoms with E-state index < -0.39 is 0 Å². The van der Waals surface area contributed by atoms with Gasteiger partial charge in [0.15, 0.2) is 5.82 Å². The van der Waals surface area contributed by atoms with E-state index >= 15 is 0 Å². The summed E-state index contributed by atoms with van der Waals surface area (Å²) in [7, 11) is 1.60. The second-order valence-electron chi connectivity index (χ2n) is 9.89. The highest BCUT2D eigenvalue weighted by molar-refractivity contribution is 5.69. The maximum absolute atomic E-state index is 9.38. The van der Waals surface area contributed by atoms with Crippen LogP contribution >= 0.6 is 0 Å². The van der Waals surface area contributed by atoms with Crippen LogP contribution in [0.2, 0.25) is 0 Å². The molecule has 1 saturated heterocycles. The Morgan fingerprint density at radius 1 is 1.06 bits per heavy atom. The molecule has 3 aromatic rings. The van der Waals surface area contributed by atoms with Gasteiger partial charge in [-0.25, -0.2) is 15.0 Å². The van der Waals surface area contributed by atoms with Gasteiger partial charge in [-0.3, -0.25) is 0 Å². The molecule has 6 heteroatoms. The summed E-state index contributed by atoms with van der Waals surface area (Å²) < 4.78 is 5.18. The van der Waals surface area contributed by atoms with Gasteiger partial charge in [-0.1, -0.05) is 32.9 Å². The van der Waals surface area contributed by atoms with Crippen LogP contribution in [0.1, 0.15) is 50.8 Å².